The third-order valence-corrected chi connectivity index (χ3v) is 7.81. The predicted octanol–water partition coefficient (Wildman–Crippen LogP) is 4.22. The van der Waals surface area contributed by atoms with E-state index in [0.29, 0.717) is 23.4 Å². The minimum atomic E-state index is -3.71. The number of sulfonamides is 1. The maximum atomic E-state index is 12.6. The maximum absolute atomic E-state index is 12.6. The molecule has 8 nitrogen and oxygen atoms in total. The Labute approximate surface area is 217 Å². The smallest absolute Gasteiger partial charge is 0.261 e. The van der Waals surface area contributed by atoms with Crippen molar-refractivity contribution in [3.63, 3.8) is 0 Å². The van der Waals surface area contributed by atoms with Crippen molar-refractivity contribution < 1.29 is 13.5 Å². The zero-order chi connectivity index (χ0) is 26.6. The number of anilines is 1. The summed E-state index contributed by atoms with van der Waals surface area (Å²) in [6.45, 7) is 5.26. The first-order valence-electron chi connectivity index (χ1n) is 12.1. The fourth-order valence-electron chi connectivity index (χ4n) is 4.16. The van der Waals surface area contributed by atoms with Crippen LogP contribution in [0.5, 0.6) is 0 Å². The minimum absolute atomic E-state index is 0.0534. The molecule has 6 N–H and O–H groups in total. The van der Waals surface area contributed by atoms with Gasteiger partial charge >= 0.3 is 0 Å². The number of nitrogens with one attached hydrogen (secondary N) is 3. The summed E-state index contributed by atoms with van der Waals surface area (Å²) in [6, 6.07) is 22.8. The van der Waals surface area contributed by atoms with Gasteiger partial charge in [-0.2, -0.15) is 0 Å². The van der Waals surface area contributed by atoms with Gasteiger partial charge in [-0.3, -0.25) is 10.1 Å². The molecule has 0 radical (unpaired) electrons. The second kappa shape index (κ2) is 10.8. The molecule has 0 aliphatic carbocycles. The summed E-state index contributed by atoms with van der Waals surface area (Å²) in [5, 5.41) is 22.9. The zero-order valence-corrected chi connectivity index (χ0v) is 21.8. The monoisotopic (exact) mass is 519 g/mol. The van der Waals surface area contributed by atoms with Crippen molar-refractivity contribution in [3.8, 4) is 0 Å². The predicted molar refractivity (Wildman–Crippen MR) is 148 cm³/mol. The van der Waals surface area contributed by atoms with Gasteiger partial charge in [0.15, 0.2) is 0 Å². The fourth-order valence-corrected chi connectivity index (χ4v) is 5.24. The minimum Gasteiger partial charge on any atom is -0.387 e. The van der Waals surface area contributed by atoms with Crippen molar-refractivity contribution in [3.05, 3.63) is 96.2 Å². The number of hydrogen-bond acceptors (Lipinski definition) is 5. The summed E-state index contributed by atoms with van der Waals surface area (Å²) in [5.41, 5.74) is 8.14. The standard InChI is InChI=1S/C28H33N5O3S/c1-28(2,14-16-33-15-13-20-17-22(27(29)30)11-12-25(20)33)31-19-26(34)21-7-6-8-23(18-21)32-37(35,36)24-9-4-3-5-10-24/h3-13,15,17-18,26,31-32,34H,14,16,19H2,1-2H3,(H3,29,30)/t26-/m0/s1. The number of nitrogen functional groups attached to an aromatic ring is 1. The number of benzene rings is 3. The number of nitrogens with two attached hydrogens (primary N) is 1. The summed E-state index contributed by atoms with van der Waals surface area (Å²) in [4.78, 5) is 0.180. The molecule has 3 aromatic carbocycles. The Bertz CT molecular complexity index is 1500. The Hall–Kier alpha value is -3.66. The molecule has 9 heteroatoms. The molecule has 4 rings (SSSR count). The molecule has 0 amide bonds. The van der Waals surface area contributed by atoms with E-state index in [1.54, 1.807) is 42.5 Å². The van der Waals surface area contributed by atoms with Gasteiger partial charge in [0, 0.05) is 47.0 Å². The van der Waals surface area contributed by atoms with Crippen LogP contribution in [0.15, 0.2) is 90.0 Å². The van der Waals surface area contributed by atoms with Gasteiger partial charge in [0.2, 0.25) is 0 Å². The van der Waals surface area contributed by atoms with Crippen molar-refractivity contribution in [1.29, 1.82) is 5.41 Å². The Morgan fingerprint density at radius 1 is 1.05 bits per heavy atom. The quantitative estimate of drug-likeness (QED) is 0.149. The van der Waals surface area contributed by atoms with Crippen LogP contribution in [0.25, 0.3) is 10.9 Å². The SMILES string of the molecule is CC(C)(CCn1ccc2cc(C(=N)N)ccc21)NC[C@H](O)c1cccc(NS(=O)(=O)c2ccccc2)c1. The summed E-state index contributed by atoms with van der Waals surface area (Å²) in [5.74, 6) is 0.0534. The van der Waals surface area contributed by atoms with Crippen molar-refractivity contribution in [2.24, 2.45) is 5.73 Å². The largest absolute Gasteiger partial charge is 0.387 e. The van der Waals surface area contributed by atoms with Crippen LogP contribution in [-0.4, -0.2) is 36.0 Å². The first-order chi connectivity index (χ1) is 17.5. The van der Waals surface area contributed by atoms with Crippen molar-refractivity contribution in [2.75, 3.05) is 11.3 Å². The third kappa shape index (κ3) is 6.56. The summed E-state index contributed by atoms with van der Waals surface area (Å²) in [7, 11) is -3.71. The molecule has 0 unspecified atom stereocenters. The number of β-amino-alcohol motifs (C(OH)–C–C–N with tert-alkyl or cyclic N) is 1. The highest BCUT2D eigenvalue weighted by molar-refractivity contribution is 7.92. The molecule has 0 spiro atoms. The van der Waals surface area contributed by atoms with E-state index in [9.17, 15) is 13.5 Å². The van der Waals surface area contributed by atoms with Crippen LogP contribution < -0.4 is 15.8 Å². The molecular weight excluding hydrogens is 486 g/mol. The van der Waals surface area contributed by atoms with Gasteiger partial charge in [0.1, 0.15) is 5.84 Å². The fraction of sp³-hybridized carbons (Fsp3) is 0.250. The van der Waals surface area contributed by atoms with Gasteiger partial charge in [-0.25, -0.2) is 8.42 Å². The number of fused-ring (bicyclic) bond motifs is 1. The van der Waals surface area contributed by atoms with E-state index < -0.39 is 16.1 Å². The van der Waals surface area contributed by atoms with Crippen LogP contribution in [0.1, 0.15) is 37.5 Å². The van der Waals surface area contributed by atoms with E-state index in [1.807, 2.05) is 30.5 Å². The van der Waals surface area contributed by atoms with Crippen molar-refractivity contribution >= 4 is 32.4 Å². The summed E-state index contributed by atoms with van der Waals surface area (Å²) < 4.78 is 30.0. The van der Waals surface area contributed by atoms with Crippen LogP contribution in [-0.2, 0) is 16.6 Å². The number of hydrogen-bond donors (Lipinski definition) is 5. The molecule has 0 aliphatic rings. The molecule has 4 aromatic rings. The second-order valence-corrected chi connectivity index (χ2v) is 11.5. The van der Waals surface area contributed by atoms with E-state index in [-0.39, 0.29) is 16.3 Å². The second-order valence-electron chi connectivity index (χ2n) is 9.77. The summed E-state index contributed by atoms with van der Waals surface area (Å²) >= 11 is 0. The number of aryl methyl sites for hydroxylation is 1. The molecule has 37 heavy (non-hydrogen) atoms. The van der Waals surface area contributed by atoms with E-state index in [0.717, 1.165) is 23.9 Å². The van der Waals surface area contributed by atoms with Crippen LogP contribution >= 0.6 is 0 Å². The van der Waals surface area contributed by atoms with Gasteiger partial charge in [0.05, 0.1) is 11.0 Å². The molecule has 0 fully saturated rings. The van der Waals surface area contributed by atoms with Gasteiger partial charge in [-0.15, -0.1) is 0 Å². The van der Waals surface area contributed by atoms with Crippen molar-refractivity contribution in [1.82, 2.24) is 9.88 Å². The molecule has 0 saturated heterocycles. The van der Waals surface area contributed by atoms with Crippen LogP contribution in [0.3, 0.4) is 0 Å². The molecule has 0 saturated carbocycles. The number of amidine groups is 1. The Morgan fingerprint density at radius 2 is 1.81 bits per heavy atom. The lowest BCUT2D eigenvalue weighted by Gasteiger charge is -2.28. The summed E-state index contributed by atoms with van der Waals surface area (Å²) in [6.07, 6.45) is 2.04. The Kier molecular flexibility index (Phi) is 7.68. The van der Waals surface area contributed by atoms with Crippen LogP contribution in [0.4, 0.5) is 5.69 Å². The number of aliphatic hydroxyl groups is 1. The number of nitrogens with zero attached hydrogens (tertiary/aromatic N) is 1. The number of rotatable bonds is 11. The van der Waals surface area contributed by atoms with Gasteiger partial charge < -0.3 is 20.7 Å². The normalized spacial score (nSPS) is 12.9. The molecule has 0 bridgehead atoms. The van der Waals surface area contributed by atoms with Crippen LogP contribution in [0.2, 0.25) is 0 Å². The Balaban J connectivity index is 1.35. The highest BCUT2D eigenvalue weighted by Crippen LogP contribution is 2.23. The lowest BCUT2D eigenvalue weighted by molar-refractivity contribution is 0.158. The number of aliphatic hydroxyl groups excluding tert-OH is 1. The molecule has 1 heterocycles. The van der Waals surface area contributed by atoms with Gasteiger partial charge in [-0.05, 0) is 74.4 Å². The molecule has 1 atom stereocenters. The van der Waals surface area contributed by atoms with E-state index in [1.165, 1.54) is 12.1 Å². The van der Waals surface area contributed by atoms with Crippen LogP contribution in [0, 0.1) is 5.41 Å². The maximum Gasteiger partial charge on any atom is 0.261 e. The molecule has 1 aromatic heterocycles. The average molecular weight is 520 g/mol. The van der Waals surface area contributed by atoms with E-state index >= 15 is 0 Å². The lowest BCUT2D eigenvalue weighted by Crippen LogP contribution is -2.42. The average Bonchev–Trinajstić information content (AvgIpc) is 3.29. The lowest BCUT2D eigenvalue weighted by atomic mass is 9.99. The first-order valence-corrected chi connectivity index (χ1v) is 13.6. The third-order valence-electron chi connectivity index (χ3n) is 6.41. The zero-order valence-electron chi connectivity index (χ0n) is 21.0. The van der Waals surface area contributed by atoms with E-state index in [2.05, 4.69) is 28.5 Å². The Morgan fingerprint density at radius 3 is 2.54 bits per heavy atom. The highest BCUT2D eigenvalue weighted by Gasteiger charge is 2.20. The van der Waals surface area contributed by atoms with Gasteiger partial charge in [0.25, 0.3) is 10.0 Å². The molecular formula is C28H33N5O3S. The number of aromatic nitrogens is 1. The van der Waals surface area contributed by atoms with Crippen molar-refractivity contribution in [2.45, 2.75) is 43.4 Å². The van der Waals surface area contributed by atoms with Gasteiger partial charge in [-0.1, -0.05) is 30.3 Å². The molecule has 0 aliphatic heterocycles. The van der Waals surface area contributed by atoms with E-state index in [4.69, 9.17) is 11.1 Å². The molecule has 194 valence electrons. The topological polar surface area (TPSA) is 133 Å². The highest BCUT2D eigenvalue weighted by atomic mass is 32.2. The first kappa shape index (κ1) is 26.4.